The summed E-state index contributed by atoms with van der Waals surface area (Å²) < 4.78 is 0. The highest BCUT2D eigenvalue weighted by atomic mass is 16.5. The van der Waals surface area contributed by atoms with Crippen molar-refractivity contribution in [1.29, 1.82) is 0 Å². The van der Waals surface area contributed by atoms with E-state index in [1.54, 1.807) is 13.8 Å². The number of amides is 6. The van der Waals surface area contributed by atoms with E-state index in [0.717, 1.165) is 0 Å². The summed E-state index contributed by atoms with van der Waals surface area (Å²) in [4.78, 5) is 85.0. The Morgan fingerprint density at radius 1 is 0.769 bits per heavy atom. The van der Waals surface area contributed by atoms with Crippen LogP contribution in [-0.2, 0) is 33.6 Å². The Hall–Kier alpha value is -3.79. The van der Waals surface area contributed by atoms with Crippen LogP contribution in [0.4, 0.5) is 0 Å². The zero-order valence-electron chi connectivity index (χ0n) is 22.2. The van der Waals surface area contributed by atoms with E-state index in [0.29, 0.717) is 19.4 Å². The second-order valence-corrected chi connectivity index (χ2v) is 9.54. The van der Waals surface area contributed by atoms with Gasteiger partial charge >= 0.3 is 5.97 Å². The van der Waals surface area contributed by atoms with Gasteiger partial charge in [0.25, 0.3) is 0 Å². The van der Waals surface area contributed by atoms with Gasteiger partial charge < -0.3 is 38.3 Å². The lowest BCUT2D eigenvalue weighted by Gasteiger charge is -2.25. The standard InChI is InChI=1S/C23H41N7O9/c1-12(2)9-13(10-18(32)30-39)21(36)29-16(11-19(33)34)23(38)28-15(6-7-17(25)31)22(37)27-14(20(26)35)5-3-4-8-24/h12-16,39H,3-11,24H2,1-2H3,(H2,25,31)(H2,26,35)(H,27,37)(H,28,38)(H,29,36)(H,30,32)(H,33,34)/t13-,14+,15+,16+/m1/s1. The lowest BCUT2D eigenvalue weighted by molar-refractivity contribution is -0.142. The van der Waals surface area contributed by atoms with Crippen LogP contribution in [0.25, 0.3) is 0 Å². The van der Waals surface area contributed by atoms with Crippen molar-refractivity contribution in [3.8, 4) is 0 Å². The molecule has 0 aliphatic heterocycles. The molecular formula is C23H41N7O9. The van der Waals surface area contributed by atoms with Crippen molar-refractivity contribution in [2.45, 2.75) is 83.3 Å². The first-order chi connectivity index (χ1) is 18.2. The van der Waals surface area contributed by atoms with Gasteiger partial charge in [0.15, 0.2) is 0 Å². The number of hydrogen-bond donors (Lipinski definition) is 9. The minimum atomic E-state index is -1.66. The average Bonchev–Trinajstić information content (AvgIpc) is 2.83. The lowest BCUT2D eigenvalue weighted by Crippen LogP contribution is -2.57. The number of hydrogen-bond acceptors (Lipinski definition) is 9. The molecule has 0 radical (unpaired) electrons. The second kappa shape index (κ2) is 18.5. The van der Waals surface area contributed by atoms with Gasteiger partial charge in [-0.1, -0.05) is 13.8 Å². The maximum Gasteiger partial charge on any atom is 0.305 e. The molecule has 0 spiro atoms. The van der Waals surface area contributed by atoms with E-state index < -0.39 is 78.3 Å². The first-order valence-corrected chi connectivity index (χ1v) is 12.5. The third-order valence-corrected chi connectivity index (χ3v) is 5.61. The lowest BCUT2D eigenvalue weighted by atomic mass is 9.92. The first kappa shape index (κ1) is 35.2. The predicted molar refractivity (Wildman–Crippen MR) is 136 cm³/mol. The van der Waals surface area contributed by atoms with Crippen molar-refractivity contribution < 1.29 is 43.9 Å². The Labute approximate surface area is 226 Å². The van der Waals surface area contributed by atoms with E-state index in [9.17, 15) is 38.7 Å². The molecule has 12 N–H and O–H groups in total. The van der Waals surface area contributed by atoms with E-state index >= 15 is 0 Å². The summed E-state index contributed by atoms with van der Waals surface area (Å²) in [5, 5.41) is 25.1. The average molecular weight is 560 g/mol. The van der Waals surface area contributed by atoms with Crippen LogP contribution >= 0.6 is 0 Å². The number of aliphatic carboxylic acids is 1. The molecule has 222 valence electrons. The number of carboxylic acid groups (broad SMARTS) is 1. The minimum absolute atomic E-state index is 0.0658. The molecule has 0 aromatic rings. The summed E-state index contributed by atoms with van der Waals surface area (Å²) in [6.07, 6.45) is -0.530. The number of nitrogens with two attached hydrogens (primary N) is 3. The smallest absolute Gasteiger partial charge is 0.305 e. The minimum Gasteiger partial charge on any atom is -0.481 e. The van der Waals surface area contributed by atoms with E-state index in [1.807, 2.05) is 0 Å². The Kier molecular flexibility index (Phi) is 16.7. The van der Waals surface area contributed by atoms with Crippen molar-refractivity contribution in [2.75, 3.05) is 6.54 Å². The highest BCUT2D eigenvalue weighted by molar-refractivity contribution is 5.96. The van der Waals surface area contributed by atoms with E-state index in [2.05, 4.69) is 16.0 Å². The van der Waals surface area contributed by atoms with Crippen molar-refractivity contribution in [3.63, 3.8) is 0 Å². The number of carboxylic acids is 1. The van der Waals surface area contributed by atoms with Gasteiger partial charge in [0.2, 0.25) is 35.4 Å². The largest absolute Gasteiger partial charge is 0.481 e. The van der Waals surface area contributed by atoms with Gasteiger partial charge in [0.05, 0.1) is 6.42 Å². The van der Waals surface area contributed by atoms with Crippen LogP contribution in [0.5, 0.6) is 0 Å². The molecule has 0 unspecified atom stereocenters. The van der Waals surface area contributed by atoms with E-state index in [1.165, 1.54) is 5.48 Å². The Bertz CT molecular complexity index is 882. The Morgan fingerprint density at radius 2 is 1.33 bits per heavy atom. The molecule has 0 rings (SSSR count). The molecule has 0 saturated heterocycles. The maximum absolute atomic E-state index is 13.0. The van der Waals surface area contributed by atoms with Crippen molar-refractivity contribution in [1.82, 2.24) is 21.4 Å². The molecule has 0 heterocycles. The van der Waals surface area contributed by atoms with Crippen molar-refractivity contribution in [3.05, 3.63) is 0 Å². The molecule has 0 aliphatic rings. The zero-order valence-corrected chi connectivity index (χ0v) is 22.2. The third-order valence-electron chi connectivity index (χ3n) is 5.61. The molecule has 0 saturated carbocycles. The summed E-state index contributed by atoms with van der Waals surface area (Å²) >= 11 is 0. The fourth-order valence-electron chi connectivity index (χ4n) is 3.67. The van der Waals surface area contributed by atoms with Gasteiger partial charge in [0.1, 0.15) is 18.1 Å². The highest BCUT2D eigenvalue weighted by Gasteiger charge is 2.32. The van der Waals surface area contributed by atoms with Crippen molar-refractivity contribution >= 4 is 41.4 Å². The van der Waals surface area contributed by atoms with Crippen LogP contribution in [0, 0.1) is 11.8 Å². The van der Waals surface area contributed by atoms with Crippen LogP contribution in [0.2, 0.25) is 0 Å². The number of carbonyl (C=O) groups is 7. The van der Waals surface area contributed by atoms with Crippen LogP contribution in [-0.4, -0.2) is 76.4 Å². The summed E-state index contributed by atoms with van der Waals surface area (Å²) in [5.41, 5.74) is 17.4. The van der Waals surface area contributed by atoms with Gasteiger partial charge in [-0.05, 0) is 44.6 Å². The van der Waals surface area contributed by atoms with Crippen LogP contribution in [0.15, 0.2) is 0 Å². The van der Waals surface area contributed by atoms with E-state index in [-0.39, 0.29) is 31.6 Å². The topological polar surface area (TPSA) is 286 Å². The molecular weight excluding hydrogens is 518 g/mol. The molecule has 16 heteroatoms. The normalized spacial score (nSPS) is 13.9. The second-order valence-electron chi connectivity index (χ2n) is 9.54. The number of nitrogens with one attached hydrogen (secondary N) is 4. The van der Waals surface area contributed by atoms with Gasteiger partial charge in [0, 0.05) is 18.8 Å². The number of rotatable bonds is 20. The molecule has 4 atom stereocenters. The van der Waals surface area contributed by atoms with Crippen LogP contribution in [0.1, 0.15) is 65.2 Å². The predicted octanol–water partition coefficient (Wildman–Crippen LogP) is -2.65. The maximum atomic E-state index is 13.0. The summed E-state index contributed by atoms with van der Waals surface area (Å²) in [7, 11) is 0. The fourth-order valence-corrected chi connectivity index (χ4v) is 3.67. The number of primary amides is 2. The molecule has 0 fully saturated rings. The van der Waals surface area contributed by atoms with Gasteiger partial charge in [-0.3, -0.25) is 38.8 Å². The molecule has 6 amide bonds. The molecule has 0 aromatic carbocycles. The van der Waals surface area contributed by atoms with Crippen LogP contribution in [0.3, 0.4) is 0 Å². The number of hydroxylamine groups is 1. The summed E-state index contributed by atoms with van der Waals surface area (Å²) in [5.74, 6) is -7.75. The number of unbranched alkanes of at least 4 members (excludes halogenated alkanes) is 1. The van der Waals surface area contributed by atoms with Crippen LogP contribution < -0.4 is 38.6 Å². The SMILES string of the molecule is CC(C)C[C@H](CC(=O)NO)C(=O)N[C@@H](CC(=O)O)C(=O)N[C@@H](CCC(N)=O)C(=O)N[C@@H](CCCCN)C(N)=O. The van der Waals surface area contributed by atoms with Gasteiger partial charge in [-0.2, -0.15) is 0 Å². The fraction of sp³-hybridized carbons (Fsp3) is 0.696. The molecule has 0 aliphatic carbocycles. The third kappa shape index (κ3) is 15.3. The highest BCUT2D eigenvalue weighted by Crippen LogP contribution is 2.16. The quantitative estimate of drug-likeness (QED) is 0.0424. The molecule has 39 heavy (non-hydrogen) atoms. The molecule has 0 bridgehead atoms. The van der Waals surface area contributed by atoms with E-state index in [4.69, 9.17) is 22.4 Å². The Balaban J connectivity index is 5.79. The van der Waals surface area contributed by atoms with Crippen molar-refractivity contribution in [2.24, 2.45) is 29.0 Å². The van der Waals surface area contributed by atoms with Gasteiger partial charge in [-0.25, -0.2) is 5.48 Å². The molecule has 16 nitrogen and oxygen atoms in total. The van der Waals surface area contributed by atoms with Gasteiger partial charge in [-0.15, -0.1) is 0 Å². The molecule has 0 aromatic heterocycles. The monoisotopic (exact) mass is 559 g/mol. The first-order valence-electron chi connectivity index (χ1n) is 12.5. The Morgan fingerprint density at radius 3 is 1.82 bits per heavy atom. The summed E-state index contributed by atoms with van der Waals surface area (Å²) in [6.45, 7) is 3.90. The summed E-state index contributed by atoms with van der Waals surface area (Å²) in [6, 6.07) is -4.19. The zero-order chi connectivity index (χ0) is 30.1. The number of carbonyl (C=O) groups excluding carboxylic acids is 6.